The SMILES string of the molecule is NCc1ccc(S(=O)(=O)N2CCC(N3CCCC3)CC2)cn1. The van der Waals surface area contributed by atoms with Gasteiger partial charge in [0.25, 0.3) is 0 Å². The van der Waals surface area contributed by atoms with Crippen LogP contribution < -0.4 is 5.73 Å². The van der Waals surface area contributed by atoms with Gasteiger partial charge in [0.2, 0.25) is 10.0 Å². The molecule has 1 aromatic heterocycles. The minimum Gasteiger partial charge on any atom is -0.325 e. The Kier molecular flexibility index (Phi) is 4.77. The van der Waals surface area contributed by atoms with Gasteiger partial charge in [-0.25, -0.2) is 8.42 Å². The Labute approximate surface area is 132 Å². The summed E-state index contributed by atoms with van der Waals surface area (Å²) in [5.74, 6) is 0. The minimum atomic E-state index is -3.42. The van der Waals surface area contributed by atoms with Crippen molar-refractivity contribution in [2.24, 2.45) is 5.73 Å². The number of nitrogens with two attached hydrogens (primary N) is 1. The number of nitrogens with zero attached hydrogens (tertiary/aromatic N) is 3. The molecule has 0 bridgehead atoms. The zero-order valence-corrected chi connectivity index (χ0v) is 13.6. The highest BCUT2D eigenvalue weighted by Crippen LogP contribution is 2.25. The molecule has 22 heavy (non-hydrogen) atoms. The topological polar surface area (TPSA) is 79.5 Å². The van der Waals surface area contributed by atoms with Crippen LogP contribution in [-0.4, -0.2) is 54.8 Å². The minimum absolute atomic E-state index is 0.268. The zero-order valence-electron chi connectivity index (χ0n) is 12.8. The van der Waals surface area contributed by atoms with E-state index in [4.69, 9.17) is 5.73 Å². The monoisotopic (exact) mass is 324 g/mol. The Morgan fingerprint density at radius 3 is 2.36 bits per heavy atom. The summed E-state index contributed by atoms with van der Waals surface area (Å²) in [6.45, 7) is 3.86. The van der Waals surface area contributed by atoms with Crippen molar-refractivity contribution >= 4 is 10.0 Å². The average molecular weight is 324 g/mol. The van der Waals surface area contributed by atoms with E-state index >= 15 is 0 Å². The summed E-state index contributed by atoms with van der Waals surface area (Å²) >= 11 is 0. The maximum Gasteiger partial charge on any atom is 0.244 e. The van der Waals surface area contributed by atoms with E-state index in [2.05, 4.69) is 9.88 Å². The van der Waals surface area contributed by atoms with Crippen LogP contribution in [0.3, 0.4) is 0 Å². The molecule has 2 aliphatic rings. The van der Waals surface area contributed by atoms with Gasteiger partial charge in [0.15, 0.2) is 0 Å². The normalized spacial score (nSPS) is 22.2. The molecule has 3 heterocycles. The molecule has 122 valence electrons. The summed E-state index contributed by atoms with van der Waals surface area (Å²) in [4.78, 5) is 6.88. The number of hydrogen-bond acceptors (Lipinski definition) is 5. The number of sulfonamides is 1. The van der Waals surface area contributed by atoms with E-state index in [-0.39, 0.29) is 4.90 Å². The van der Waals surface area contributed by atoms with Gasteiger partial charge in [-0.05, 0) is 50.9 Å². The van der Waals surface area contributed by atoms with Gasteiger partial charge in [-0.1, -0.05) is 0 Å². The van der Waals surface area contributed by atoms with Gasteiger partial charge in [-0.3, -0.25) is 4.98 Å². The van der Waals surface area contributed by atoms with Crippen LogP contribution in [-0.2, 0) is 16.6 Å². The fourth-order valence-electron chi connectivity index (χ4n) is 3.39. The lowest BCUT2D eigenvalue weighted by molar-refractivity contribution is 0.168. The second-order valence-electron chi connectivity index (χ2n) is 6.07. The van der Waals surface area contributed by atoms with Gasteiger partial charge >= 0.3 is 0 Å². The van der Waals surface area contributed by atoms with Crippen LogP contribution in [0.1, 0.15) is 31.4 Å². The molecule has 6 nitrogen and oxygen atoms in total. The van der Waals surface area contributed by atoms with Crippen LogP contribution >= 0.6 is 0 Å². The van der Waals surface area contributed by atoms with Gasteiger partial charge in [0.05, 0.1) is 5.69 Å². The third-order valence-corrected chi connectivity index (χ3v) is 6.61. The second kappa shape index (κ2) is 6.62. The highest BCUT2D eigenvalue weighted by atomic mass is 32.2. The first-order valence-corrected chi connectivity index (χ1v) is 9.44. The van der Waals surface area contributed by atoms with Crippen molar-refractivity contribution in [3.8, 4) is 0 Å². The lowest BCUT2D eigenvalue weighted by atomic mass is 10.1. The largest absolute Gasteiger partial charge is 0.325 e. The van der Waals surface area contributed by atoms with E-state index in [0.29, 0.717) is 31.4 Å². The predicted octanol–water partition coefficient (Wildman–Crippen LogP) is 0.789. The first-order valence-electron chi connectivity index (χ1n) is 8.00. The van der Waals surface area contributed by atoms with E-state index in [0.717, 1.165) is 12.8 Å². The third-order valence-electron chi connectivity index (χ3n) is 4.73. The van der Waals surface area contributed by atoms with Crippen molar-refractivity contribution in [2.75, 3.05) is 26.2 Å². The molecule has 0 amide bonds. The predicted molar refractivity (Wildman–Crippen MR) is 84.7 cm³/mol. The number of piperidine rings is 1. The highest BCUT2D eigenvalue weighted by molar-refractivity contribution is 7.89. The van der Waals surface area contributed by atoms with Gasteiger partial charge in [-0.15, -0.1) is 0 Å². The van der Waals surface area contributed by atoms with Gasteiger partial charge in [0.1, 0.15) is 4.90 Å². The third kappa shape index (κ3) is 3.17. The quantitative estimate of drug-likeness (QED) is 0.886. The van der Waals surface area contributed by atoms with Crippen molar-refractivity contribution in [3.63, 3.8) is 0 Å². The maximum atomic E-state index is 12.7. The molecule has 0 spiro atoms. The Balaban J connectivity index is 1.65. The standard InChI is InChI=1S/C15H24N4O2S/c16-11-13-3-4-15(12-17-13)22(20,21)19-9-5-14(6-10-19)18-7-1-2-8-18/h3-4,12,14H,1-2,5-11,16H2. The molecule has 2 N–H and O–H groups in total. The number of hydrogen-bond donors (Lipinski definition) is 1. The van der Waals surface area contributed by atoms with Crippen LogP contribution in [0.4, 0.5) is 0 Å². The lowest BCUT2D eigenvalue weighted by Crippen LogP contribution is -2.45. The van der Waals surface area contributed by atoms with Crippen LogP contribution in [0, 0.1) is 0 Å². The van der Waals surface area contributed by atoms with E-state index in [1.807, 2.05) is 0 Å². The molecule has 2 aliphatic heterocycles. The number of rotatable bonds is 4. The van der Waals surface area contributed by atoms with Crippen molar-refractivity contribution in [1.29, 1.82) is 0 Å². The Morgan fingerprint density at radius 1 is 1.14 bits per heavy atom. The molecular weight excluding hydrogens is 300 g/mol. The summed E-state index contributed by atoms with van der Waals surface area (Å²) in [7, 11) is -3.42. The molecule has 1 aromatic rings. The molecule has 2 saturated heterocycles. The molecule has 2 fully saturated rings. The van der Waals surface area contributed by atoms with Gasteiger partial charge in [0, 0.05) is 31.9 Å². The van der Waals surface area contributed by atoms with Gasteiger partial charge in [-0.2, -0.15) is 4.31 Å². The first-order chi connectivity index (χ1) is 10.6. The Morgan fingerprint density at radius 2 is 1.82 bits per heavy atom. The molecule has 7 heteroatoms. The maximum absolute atomic E-state index is 12.7. The fraction of sp³-hybridized carbons (Fsp3) is 0.667. The number of aromatic nitrogens is 1. The summed E-state index contributed by atoms with van der Waals surface area (Å²) < 4.78 is 26.9. The first kappa shape index (κ1) is 15.9. The van der Waals surface area contributed by atoms with E-state index < -0.39 is 10.0 Å². The number of pyridine rings is 1. The van der Waals surface area contributed by atoms with Gasteiger partial charge < -0.3 is 10.6 Å². The lowest BCUT2D eigenvalue weighted by Gasteiger charge is -2.35. The molecule has 0 saturated carbocycles. The fourth-order valence-corrected chi connectivity index (χ4v) is 4.80. The molecule has 0 aromatic carbocycles. The smallest absolute Gasteiger partial charge is 0.244 e. The van der Waals surface area contributed by atoms with Crippen molar-refractivity contribution in [1.82, 2.24) is 14.2 Å². The average Bonchev–Trinajstić information content (AvgIpc) is 3.09. The zero-order chi connectivity index (χ0) is 15.6. The van der Waals surface area contributed by atoms with Crippen molar-refractivity contribution in [2.45, 2.75) is 43.2 Å². The van der Waals surface area contributed by atoms with Crippen LogP contribution in [0.25, 0.3) is 0 Å². The van der Waals surface area contributed by atoms with Crippen LogP contribution in [0.5, 0.6) is 0 Å². The summed E-state index contributed by atoms with van der Waals surface area (Å²) in [6, 6.07) is 3.84. The second-order valence-corrected chi connectivity index (χ2v) is 8.01. The van der Waals surface area contributed by atoms with Crippen LogP contribution in [0.2, 0.25) is 0 Å². The Hall–Kier alpha value is -1.02. The highest BCUT2D eigenvalue weighted by Gasteiger charge is 2.32. The van der Waals surface area contributed by atoms with Crippen LogP contribution in [0.15, 0.2) is 23.2 Å². The summed E-state index contributed by atoms with van der Waals surface area (Å²) in [5, 5.41) is 0. The molecule has 0 unspecified atom stereocenters. The summed E-state index contributed by atoms with van der Waals surface area (Å²) in [5.41, 5.74) is 6.20. The number of likely N-dealkylation sites (tertiary alicyclic amines) is 1. The molecule has 0 radical (unpaired) electrons. The molecule has 0 atom stereocenters. The molecule has 0 aliphatic carbocycles. The Bertz CT molecular complexity index is 588. The molecule has 3 rings (SSSR count). The van der Waals surface area contributed by atoms with Crippen molar-refractivity contribution in [3.05, 3.63) is 24.0 Å². The summed E-state index contributed by atoms with van der Waals surface area (Å²) in [6.07, 6.45) is 5.82. The van der Waals surface area contributed by atoms with E-state index in [1.54, 1.807) is 16.4 Å². The van der Waals surface area contributed by atoms with E-state index in [1.165, 1.54) is 32.1 Å². The van der Waals surface area contributed by atoms with E-state index in [9.17, 15) is 8.42 Å². The van der Waals surface area contributed by atoms with Crippen molar-refractivity contribution < 1.29 is 8.42 Å². The molecular formula is C15H24N4O2S.